The summed E-state index contributed by atoms with van der Waals surface area (Å²) >= 11 is 0. The van der Waals surface area contributed by atoms with Crippen LogP contribution in [0.2, 0.25) is 0 Å². The average molecular weight is 255 g/mol. The molecule has 0 radical (unpaired) electrons. The molecule has 0 unspecified atom stereocenters. The molecule has 0 spiro atoms. The lowest BCUT2D eigenvalue weighted by Crippen LogP contribution is -2.11. The van der Waals surface area contributed by atoms with Gasteiger partial charge in [0.25, 0.3) is 10.1 Å². The van der Waals surface area contributed by atoms with Crippen molar-refractivity contribution in [1.29, 1.82) is 0 Å². The molecule has 0 aliphatic rings. The second-order valence-corrected chi connectivity index (χ2v) is 4.57. The van der Waals surface area contributed by atoms with Crippen LogP contribution in [0.25, 0.3) is 0 Å². The number of nitrogens with two attached hydrogens (primary N) is 1. The van der Waals surface area contributed by atoms with Crippen LogP contribution < -0.4 is 5.73 Å². The van der Waals surface area contributed by atoms with Crippen LogP contribution in [-0.4, -0.2) is 13.0 Å². The maximum atomic E-state index is 12.4. The van der Waals surface area contributed by atoms with E-state index in [2.05, 4.69) is 0 Å². The molecule has 0 saturated carbocycles. The third-order valence-corrected chi connectivity index (χ3v) is 2.85. The van der Waals surface area contributed by atoms with E-state index in [0.29, 0.717) is 6.07 Å². The fourth-order valence-electron chi connectivity index (χ4n) is 1.24. The molecule has 8 heteroatoms. The van der Waals surface area contributed by atoms with Crippen LogP contribution in [0.1, 0.15) is 11.1 Å². The smallest absolute Gasteiger partial charge is 0.398 e. The predicted octanol–water partition coefficient (Wildman–Crippen LogP) is 1.84. The second kappa shape index (κ2) is 3.63. The van der Waals surface area contributed by atoms with Crippen LogP contribution in [0.15, 0.2) is 17.0 Å². The fraction of sp³-hybridized carbons (Fsp3) is 0.250. The molecule has 1 rings (SSSR count). The van der Waals surface area contributed by atoms with E-state index in [1.165, 1.54) is 0 Å². The van der Waals surface area contributed by atoms with Crippen molar-refractivity contribution in [3.05, 3.63) is 23.3 Å². The van der Waals surface area contributed by atoms with Crippen molar-refractivity contribution in [2.24, 2.45) is 0 Å². The highest BCUT2D eigenvalue weighted by Crippen LogP contribution is 2.35. The Labute approximate surface area is 89.6 Å². The predicted molar refractivity (Wildman–Crippen MR) is 50.4 cm³/mol. The highest BCUT2D eigenvalue weighted by atomic mass is 32.2. The van der Waals surface area contributed by atoms with Crippen molar-refractivity contribution in [3.63, 3.8) is 0 Å². The van der Waals surface area contributed by atoms with Gasteiger partial charge < -0.3 is 5.73 Å². The van der Waals surface area contributed by atoms with Crippen LogP contribution in [0.5, 0.6) is 0 Å². The maximum absolute atomic E-state index is 12.4. The van der Waals surface area contributed by atoms with Gasteiger partial charge in [-0.15, -0.1) is 0 Å². The molecule has 4 nitrogen and oxygen atoms in total. The van der Waals surface area contributed by atoms with Gasteiger partial charge in [0, 0.05) is 0 Å². The topological polar surface area (TPSA) is 80.4 Å². The number of nitrogen functional groups attached to an aromatic ring is 1. The lowest BCUT2D eigenvalue weighted by Gasteiger charge is -2.12. The maximum Gasteiger partial charge on any atom is 0.416 e. The number of halogens is 3. The summed E-state index contributed by atoms with van der Waals surface area (Å²) in [7, 11) is -4.76. The molecule has 0 amide bonds. The van der Waals surface area contributed by atoms with Crippen LogP contribution >= 0.6 is 0 Å². The Balaban J connectivity index is 3.58. The van der Waals surface area contributed by atoms with Gasteiger partial charge in [-0.3, -0.25) is 4.55 Å². The van der Waals surface area contributed by atoms with Crippen LogP contribution in [0.3, 0.4) is 0 Å². The van der Waals surface area contributed by atoms with E-state index in [4.69, 9.17) is 10.3 Å². The van der Waals surface area contributed by atoms with Crippen LogP contribution in [0.4, 0.5) is 18.9 Å². The quantitative estimate of drug-likeness (QED) is 0.592. The largest absolute Gasteiger partial charge is 0.416 e. The normalized spacial score (nSPS) is 12.8. The molecular formula is C8H8F3NO3S. The Morgan fingerprint density at radius 1 is 1.31 bits per heavy atom. The Kier molecular flexibility index (Phi) is 2.90. The molecular weight excluding hydrogens is 247 g/mol. The summed E-state index contributed by atoms with van der Waals surface area (Å²) in [6.07, 6.45) is -4.70. The number of anilines is 1. The van der Waals surface area contributed by atoms with E-state index >= 15 is 0 Å². The van der Waals surface area contributed by atoms with Crippen molar-refractivity contribution in [2.75, 3.05) is 5.73 Å². The Morgan fingerprint density at radius 2 is 1.81 bits per heavy atom. The molecule has 0 heterocycles. The Morgan fingerprint density at radius 3 is 2.19 bits per heavy atom. The number of alkyl halides is 3. The number of aryl methyl sites for hydroxylation is 1. The first-order valence-electron chi connectivity index (χ1n) is 3.98. The van der Waals surface area contributed by atoms with Gasteiger partial charge in [0.1, 0.15) is 4.90 Å². The first-order chi connectivity index (χ1) is 7.03. The average Bonchev–Trinajstić information content (AvgIpc) is 1.97. The molecule has 1 aromatic carbocycles. The molecule has 0 saturated heterocycles. The van der Waals surface area contributed by atoms with E-state index in [-0.39, 0.29) is 5.56 Å². The third kappa shape index (κ3) is 2.45. The summed E-state index contributed by atoms with van der Waals surface area (Å²) in [6, 6.07) is 1.17. The summed E-state index contributed by atoms with van der Waals surface area (Å²) in [4.78, 5) is -0.939. The summed E-state index contributed by atoms with van der Waals surface area (Å²) in [5.74, 6) is 0. The minimum Gasteiger partial charge on any atom is -0.398 e. The lowest BCUT2D eigenvalue weighted by atomic mass is 10.1. The van der Waals surface area contributed by atoms with Crippen molar-refractivity contribution in [2.45, 2.75) is 18.0 Å². The number of hydrogen-bond donors (Lipinski definition) is 2. The molecule has 90 valence electrons. The number of hydrogen-bond acceptors (Lipinski definition) is 3. The van der Waals surface area contributed by atoms with E-state index in [9.17, 15) is 21.6 Å². The van der Waals surface area contributed by atoms with Crippen LogP contribution in [-0.2, 0) is 16.3 Å². The minimum absolute atomic E-state index is 0.211. The van der Waals surface area contributed by atoms with Gasteiger partial charge in [0.05, 0.1) is 11.3 Å². The molecule has 0 aliphatic heterocycles. The van der Waals surface area contributed by atoms with Gasteiger partial charge in [0.15, 0.2) is 0 Å². The summed E-state index contributed by atoms with van der Waals surface area (Å²) in [6.45, 7) is 1.15. The zero-order chi connectivity index (χ0) is 12.7. The van der Waals surface area contributed by atoms with Crippen molar-refractivity contribution < 1.29 is 26.1 Å². The number of rotatable bonds is 1. The summed E-state index contributed by atoms with van der Waals surface area (Å²) < 4.78 is 67.5. The van der Waals surface area contributed by atoms with Gasteiger partial charge in [-0.2, -0.15) is 21.6 Å². The fourth-order valence-corrected chi connectivity index (χ4v) is 1.86. The number of benzene rings is 1. The molecule has 0 bridgehead atoms. The SMILES string of the molecule is Cc1cc(N)c(S(=O)(=O)O)cc1C(F)(F)F. The minimum atomic E-state index is -4.76. The highest BCUT2D eigenvalue weighted by Gasteiger charge is 2.34. The molecule has 1 aromatic rings. The summed E-state index contributed by atoms with van der Waals surface area (Å²) in [5.41, 5.74) is 3.44. The van der Waals surface area contributed by atoms with Crippen LogP contribution in [0, 0.1) is 6.92 Å². The van der Waals surface area contributed by atoms with Gasteiger partial charge in [-0.1, -0.05) is 0 Å². The molecule has 0 aromatic heterocycles. The second-order valence-electron chi connectivity index (χ2n) is 3.18. The monoisotopic (exact) mass is 255 g/mol. The summed E-state index contributed by atoms with van der Waals surface area (Å²) in [5, 5.41) is 0. The lowest BCUT2D eigenvalue weighted by molar-refractivity contribution is -0.138. The first kappa shape index (κ1) is 12.8. The van der Waals surface area contributed by atoms with Gasteiger partial charge in [-0.25, -0.2) is 0 Å². The zero-order valence-corrected chi connectivity index (χ0v) is 8.85. The van der Waals surface area contributed by atoms with Crippen molar-refractivity contribution in [1.82, 2.24) is 0 Å². The van der Waals surface area contributed by atoms with Gasteiger partial charge >= 0.3 is 6.18 Å². The van der Waals surface area contributed by atoms with E-state index in [0.717, 1.165) is 13.0 Å². The third-order valence-electron chi connectivity index (χ3n) is 1.94. The zero-order valence-electron chi connectivity index (χ0n) is 8.04. The molecule has 3 N–H and O–H groups in total. The standard InChI is InChI=1S/C8H8F3NO3S/c1-4-2-6(12)7(16(13,14)15)3-5(4)8(9,10)11/h2-3H,12H2,1H3,(H,13,14,15). The van der Waals surface area contributed by atoms with E-state index < -0.39 is 32.4 Å². The Hall–Kier alpha value is -1.28. The molecule has 0 atom stereocenters. The van der Waals surface area contributed by atoms with Gasteiger partial charge in [-0.05, 0) is 24.6 Å². The molecule has 0 aliphatic carbocycles. The van der Waals surface area contributed by atoms with Gasteiger partial charge in [0.2, 0.25) is 0 Å². The first-order valence-corrected chi connectivity index (χ1v) is 5.42. The molecule has 0 fully saturated rings. The Bertz CT molecular complexity index is 522. The highest BCUT2D eigenvalue weighted by molar-refractivity contribution is 7.86. The van der Waals surface area contributed by atoms with Crippen molar-refractivity contribution >= 4 is 15.8 Å². The molecule has 16 heavy (non-hydrogen) atoms. The van der Waals surface area contributed by atoms with E-state index in [1.54, 1.807) is 0 Å². The van der Waals surface area contributed by atoms with Crippen molar-refractivity contribution in [3.8, 4) is 0 Å². The van der Waals surface area contributed by atoms with E-state index in [1.807, 2.05) is 0 Å².